The summed E-state index contributed by atoms with van der Waals surface area (Å²) in [4.78, 5) is 15.1. The van der Waals surface area contributed by atoms with Crippen molar-refractivity contribution in [1.82, 2.24) is 14.9 Å². The second kappa shape index (κ2) is 10.8. The number of ether oxygens (including phenoxy) is 1. The van der Waals surface area contributed by atoms with Crippen molar-refractivity contribution in [3.8, 4) is 5.88 Å². The molecule has 1 saturated carbocycles. The van der Waals surface area contributed by atoms with Gasteiger partial charge in [-0.25, -0.2) is 9.98 Å². The molecular weight excluding hydrogens is 428 g/mol. The lowest BCUT2D eigenvalue weighted by molar-refractivity contribution is 0.0852. The minimum atomic E-state index is -1.07. The van der Waals surface area contributed by atoms with Crippen LogP contribution in [0.5, 0.6) is 5.88 Å². The molecule has 8 nitrogen and oxygen atoms in total. The topological polar surface area (TPSA) is 123 Å². The first-order chi connectivity index (χ1) is 16.4. The number of anilines is 1. The molecule has 2 fully saturated rings. The molecule has 8 heteroatoms. The lowest BCUT2D eigenvalue weighted by Crippen LogP contribution is -2.52. The third kappa shape index (κ3) is 5.74. The summed E-state index contributed by atoms with van der Waals surface area (Å²) in [5.74, 6) is 1.28. The molecule has 5 rings (SSSR count). The van der Waals surface area contributed by atoms with Crippen molar-refractivity contribution in [2.45, 2.75) is 76.5 Å². The van der Waals surface area contributed by atoms with Gasteiger partial charge in [0.1, 0.15) is 12.0 Å². The smallest absolute Gasteiger partial charge is 0.247 e. The zero-order valence-electron chi connectivity index (χ0n) is 20.4. The fourth-order valence-corrected chi connectivity index (χ4v) is 4.96. The van der Waals surface area contributed by atoms with E-state index in [1.807, 2.05) is 0 Å². The van der Waals surface area contributed by atoms with Crippen molar-refractivity contribution in [2.75, 3.05) is 25.4 Å². The Labute approximate surface area is 202 Å². The highest BCUT2D eigenvalue weighted by Crippen LogP contribution is 2.38. The number of aliphatic imine (C=N–C) groups is 1. The van der Waals surface area contributed by atoms with Crippen LogP contribution in [-0.4, -0.2) is 57.1 Å². The number of nitrogens with zero attached hydrogens (tertiary/aromatic N) is 4. The number of fused-ring (bicyclic) bond motifs is 1. The van der Waals surface area contributed by atoms with Crippen molar-refractivity contribution in [2.24, 2.45) is 10.7 Å². The number of hydrogen-bond acceptors (Lipinski definition) is 8. The number of aromatic nitrogens is 2. The maximum Gasteiger partial charge on any atom is 0.247 e. The maximum absolute atomic E-state index is 9.10. The van der Waals surface area contributed by atoms with Gasteiger partial charge in [0.2, 0.25) is 11.6 Å². The molecule has 1 aliphatic carbocycles. The van der Waals surface area contributed by atoms with Gasteiger partial charge in [-0.15, -0.1) is 0 Å². The van der Waals surface area contributed by atoms with E-state index < -0.39 is 5.72 Å². The molecule has 5 N–H and O–H groups in total. The van der Waals surface area contributed by atoms with Gasteiger partial charge in [-0.3, -0.25) is 5.73 Å². The molecule has 184 valence electrons. The summed E-state index contributed by atoms with van der Waals surface area (Å²) in [6, 6.07) is 8.51. The fourth-order valence-electron chi connectivity index (χ4n) is 4.96. The highest BCUT2D eigenvalue weighted by Gasteiger charge is 2.36. The second-order valence-electron chi connectivity index (χ2n) is 9.70. The molecule has 3 aliphatic rings. The Kier molecular flexibility index (Phi) is 7.80. The monoisotopic (exact) mass is 466 g/mol. The van der Waals surface area contributed by atoms with Gasteiger partial charge in [-0.1, -0.05) is 50.5 Å². The highest BCUT2D eigenvalue weighted by molar-refractivity contribution is 6.09. The largest absolute Gasteiger partial charge is 0.449 e. The zero-order chi connectivity index (χ0) is 24.1. The molecule has 2 aliphatic heterocycles. The standard InChI is InChI=1S/C19H23N5O.C7H15NO/c1-19(21)16(24-15-17(20)22-11-23-18(15)25-19)14-9-7-13(8-10-14)12-5-3-2-4-6-12;1-2-8-5-3-7(9)4-6-8/h7-12H,2-6,21H2,1H3,(H2,20,22,23);7,9H,2-6H2,1H3. The van der Waals surface area contributed by atoms with E-state index in [-0.39, 0.29) is 11.9 Å². The van der Waals surface area contributed by atoms with Gasteiger partial charge in [0.25, 0.3) is 0 Å². The van der Waals surface area contributed by atoms with Crippen LogP contribution in [0.2, 0.25) is 0 Å². The minimum absolute atomic E-state index is 0.0206. The molecule has 0 radical (unpaired) electrons. The van der Waals surface area contributed by atoms with Crippen LogP contribution in [0, 0.1) is 0 Å². The lowest BCUT2D eigenvalue weighted by atomic mass is 9.83. The lowest BCUT2D eigenvalue weighted by Gasteiger charge is -2.31. The first-order valence-corrected chi connectivity index (χ1v) is 12.6. The maximum atomic E-state index is 9.10. The van der Waals surface area contributed by atoms with Crippen molar-refractivity contribution in [1.29, 1.82) is 0 Å². The van der Waals surface area contributed by atoms with E-state index >= 15 is 0 Å². The van der Waals surface area contributed by atoms with Crippen LogP contribution in [0.15, 0.2) is 35.6 Å². The number of aliphatic hydroxyl groups is 1. The summed E-state index contributed by atoms with van der Waals surface area (Å²) < 4.78 is 5.83. The molecule has 0 spiro atoms. The van der Waals surface area contributed by atoms with Crippen LogP contribution < -0.4 is 16.2 Å². The Balaban J connectivity index is 0.000000257. The Bertz CT molecular complexity index is 977. The normalized spacial score (nSPS) is 23.8. The molecular formula is C26H38N6O2. The Morgan fingerprint density at radius 2 is 1.74 bits per heavy atom. The van der Waals surface area contributed by atoms with E-state index in [1.165, 1.54) is 44.0 Å². The van der Waals surface area contributed by atoms with Gasteiger partial charge in [0.05, 0.1) is 6.10 Å². The molecule has 3 heterocycles. The van der Waals surface area contributed by atoms with Crippen molar-refractivity contribution < 1.29 is 9.84 Å². The summed E-state index contributed by atoms with van der Waals surface area (Å²) in [5.41, 5.74) is 14.6. The summed E-state index contributed by atoms with van der Waals surface area (Å²) in [5, 5.41) is 9.10. The van der Waals surface area contributed by atoms with Gasteiger partial charge in [0.15, 0.2) is 11.5 Å². The number of piperidine rings is 1. The Morgan fingerprint density at radius 1 is 1.06 bits per heavy atom. The predicted octanol–water partition coefficient (Wildman–Crippen LogP) is 3.76. The molecule has 0 bridgehead atoms. The number of benzene rings is 1. The third-order valence-corrected chi connectivity index (χ3v) is 7.08. The van der Waals surface area contributed by atoms with Crippen LogP contribution in [0.25, 0.3) is 0 Å². The number of hydrogen-bond donors (Lipinski definition) is 3. The molecule has 1 atom stereocenters. The van der Waals surface area contributed by atoms with E-state index in [2.05, 4.69) is 51.0 Å². The van der Waals surface area contributed by atoms with Crippen molar-refractivity contribution in [3.05, 3.63) is 41.7 Å². The molecule has 1 saturated heterocycles. The van der Waals surface area contributed by atoms with Gasteiger partial charge in [-0.05, 0) is 50.6 Å². The highest BCUT2D eigenvalue weighted by atomic mass is 16.5. The van der Waals surface area contributed by atoms with Crippen LogP contribution >= 0.6 is 0 Å². The molecule has 0 amide bonds. The number of likely N-dealkylation sites (tertiary alicyclic amines) is 1. The van der Waals surface area contributed by atoms with Gasteiger partial charge < -0.3 is 20.5 Å². The molecule has 34 heavy (non-hydrogen) atoms. The number of nitrogen functional groups attached to an aromatic ring is 1. The number of nitrogens with two attached hydrogens (primary N) is 2. The van der Waals surface area contributed by atoms with E-state index in [0.29, 0.717) is 23.2 Å². The van der Waals surface area contributed by atoms with Crippen molar-refractivity contribution in [3.63, 3.8) is 0 Å². The number of aliphatic hydroxyl groups excluding tert-OH is 1. The molecule has 1 aromatic heterocycles. The fraction of sp³-hybridized carbons (Fsp3) is 0.577. The van der Waals surface area contributed by atoms with Crippen molar-refractivity contribution >= 4 is 17.2 Å². The summed E-state index contributed by atoms with van der Waals surface area (Å²) >= 11 is 0. The van der Waals surface area contributed by atoms with E-state index in [0.717, 1.165) is 38.0 Å². The molecule has 1 aromatic carbocycles. The summed E-state index contributed by atoms with van der Waals surface area (Å²) in [6.45, 7) is 7.24. The summed E-state index contributed by atoms with van der Waals surface area (Å²) in [6.07, 6.45) is 9.82. The van der Waals surface area contributed by atoms with Crippen LogP contribution in [-0.2, 0) is 0 Å². The quantitative estimate of drug-likeness (QED) is 0.629. The van der Waals surface area contributed by atoms with Crippen LogP contribution in [0.4, 0.5) is 11.5 Å². The van der Waals surface area contributed by atoms with Gasteiger partial charge in [-0.2, -0.15) is 4.98 Å². The first-order valence-electron chi connectivity index (χ1n) is 12.6. The van der Waals surface area contributed by atoms with E-state index in [9.17, 15) is 0 Å². The van der Waals surface area contributed by atoms with Gasteiger partial charge in [0, 0.05) is 18.7 Å². The first kappa shape index (κ1) is 24.6. The Hall–Kier alpha value is -2.55. The average molecular weight is 467 g/mol. The molecule has 1 unspecified atom stereocenters. The minimum Gasteiger partial charge on any atom is -0.449 e. The Morgan fingerprint density at radius 3 is 2.38 bits per heavy atom. The van der Waals surface area contributed by atoms with Crippen LogP contribution in [0.1, 0.15) is 75.8 Å². The summed E-state index contributed by atoms with van der Waals surface area (Å²) in [7, 11) is 0. The van der Waals surface area contributed by atoms with Crippen LogP contribution in [0.3, 0.4) is 0 Å². The zero-order valence-corrected chi connectivity index (χ0v) is 20.4. The SMILES string of the molecule is CC1(N)Oc2ncnc(N)c2N=C1c1ccc(C2CCCCC2)cc1.CCN1CCC(O)CC1. The molecule has 2 aromatic rings. The van der Waals surface area contributed by atoms with E-state index in [1.54, 1.807) is 6.92 Å². The van der Waals surface area contributed by atoms with Gasteiger partial charge >= 0.3 is 0 Å². The number of rotatable bonds is 3. The average Bonchev–Trinajstić information content (AvgIpc) is 2.85. The second-order valence-corrected chi connectivity index (χ2v) is 9.70. The predicted molar refractivity (Wildman–Crippen MR) is 135 cm³/mol. The third-order valence-electron chi connectivity index (χ3n) is 7.08. The van der Waals surface area contributed by atoms with E-state index in [4.69, 9.17) is 21.3 Å².